The zero-order valence-corrected chi connectivity index (χ0v) is 11.6. The second-order valence-electron chi connectivity index (χ2n) is 4.27. The lowest BCUT2D eigenvalue weighted by molar-refractivity contribution is -0.136. The molecule has 0 aliphatic heterocycles. The third kappa shape index (κ3) is 6.02. The molecule has 17 heavy (non-hydrogen) atoms. The standard InChI is InChI=1S/C11H23NO4S/c1-4-6-8-10(7-5-2)12-17(15,16)9(3)11(13)14/h9-10,12H,4-8H2,1-3H3,(H,13,14). The minimum Gasteiger partial charge on any atom is -0.480 e. The van der Waals surface area contributed by atoms with E-state index in [1.165, 1.54) is 6.92 Å². The minimum atomic E-state index is -3.76. The number of carbonyl (C=O) groups is 1. The summed E-state index contributed by atoms with van der Waals surface area (Å²) in [5.74, 6) is -1.32. The van der Waals surface area contributed by atoms with Crippen LogP contribution in [-0.2, 0) is 14.8 Å². The number of carboxylic acids is 1. The van der Waals surface area contributed by atoms with E-state index in [2.05, 4.69) is 4.72 Å². The van der Waals surface area contributed by atoms with Crippen molar-refractivity contribution in [2.45, 2.75) is 64.2 Å². The molecule has 2 unspecified atom stereocenters. The molecule has 5 nitrogen and oxygen atoms in total. The first-order chi connectivity index (χ1) is 7.85. The van der Waals surface area contributed by atoms with E-state index >= 15 is 0 Å². The molecule has 0 bridgehead atoms. The fraction of sp³-hybridized carbons (Fsp3) is 0.909. The van der Waals surface area contributed by atoms with Gasteiger partial charge in [0.15, 0.2) is 5.25 Å². The Morgan fingerprint density at radius 3 is 2.24 bits per heavy atom. The van der Waals surface area contributed by atoms with E-state index in [4.69, 9.17) is 5.11 Å². The highest BCUT2D eigenvalue weighted by Crippen LogP contribution is 2.10. The number of nitrogens with one attached hydrogen (secondary N) is 1. The van der Waals surface area contributed by atoms with E-state index in [0.717, 1.165) is 32.1 Å². The van der Waals surface area contributed by atoms with E-state index in [9.17, 15) is 13.2 Å². The van der Waals surface area contributed by atoms with Crippen LogP contribution >= 0.6 is 0 Å². The largest absolute Gasteiger partial charge is 0.480 e. The van der Waals surface area contributed by atoms with Crippen LogP contribution in [0.1, 0.15) is 52.9 Å². The summed E-state index contributed by atoms with van der Waals surface area (Å²) in [5, 5.41) is 7.32. The summed E-state index contributed by atoms with van der Waals surface area (Å²) in [4.78, 5) is 10.7. The van der Waals surface area contributed by atoms with Crippen molar-refractivity contribution in [3.63, 3.8) is 0 Å². The SMILES string of the molecule is CCCCC(CCC)NS(=O)(=O)C(C)C(=O)O. The Morgan fingerprint density at radius 2 is 1.82 bits per heavy atom. The van der Waals surface area contributed by atoms with Crippen molar-refractivity contribution in [3.8, 4) is 0 Å². The van der Waals surface area contributed by atoms with Crippen molar-refractivity contribution < 1.29 is 18.3 Å². The van der Waals surface area contributed by atoms with Gasteiger partial charge in [-0.15, -0.1) is 0 Å². The normalized spacial score (nSPS) is 15.5. The maximum absolute atomic E-state index is 11.7. The average Bonchev–Trinajstić information content (AvgIpc) is 2.24. The van der Waals surface area contributed by atoms with Crippen molar-refractivity contribution in [2.24, 2.45) is 0 Å². The molecule has 6 heteroatoms. The molecule has 2 N–H and O–H groups in total. The Morgan fingerprint density at radius 1 is 1.24 bits per heavy atom. The first-order valence-electron chi connectivity index (χ1n) is 6.09. The second-order valence-corrected chi connectivity index (χ2v) is 6.30. The van der Waals surface area contributed by atoms with Gasteiger partial charge in [-0.05, 0) is 19.8 Å². The van der Waals surface area contributed by atoms with E-state index < -0.39 is 21.2 Å². The predicted molar refractivity (Wildman–Crippen MR) is 67.4 cm³/mol. The number of hydrogen-bond acceptors (Lipinski definition) is 3. The lowest BCUT2D eigenvalue weighted by atomic mass is 10.1. The summed E-state index contributed by atoms with van der Waals surface area (Å²) in [5.41, 5.74) is 0. The number of rotatable bonds is 9. The van der Waals surface area contributed by atoms with Crippen molar-refractivity contribution in [1.29, 1.82) is 0 Å². The molecule has 0 fully saturated rings. The topological polar surface area (TPSA) is 83.5 Å². The molecule has 0 aromatic carbocycles. The highest BCUT2D eigenvalue weighted by molar-refractivity contribution is 7.90. The van der Waals surface area contributed by atoms with Gasteiger partial charge in [-0.25, -0.2) is 13.1 Å². The van der Waals surface area contributed by atoms with E-state index in [0.29, 0.717) is 0 Å². The van der Waals surface area contributed by atoms with Gasteiger partial charge in [0.1, 0.15) is 0 Å². The fourth-order valence-corrected chi connectivity index (χ4v) is 2.70. The minimum absolute atomic E-state index is 0.147. The summed E-state index contributed by atoms with van der Waals surface area (Å²) in [6.07, 6.45) is 4.31. The van der Waals surface area contributed by atoms with Gasteiger partial charge in [-0.2, -0.15) is 0 Å². The Bertz CT molecular complexity index is 326. The molecule has 0 amide bonds. The number of carboxylic acid groups (broad SMARTS) is 1. The highest BCUT2D eigenvalue weighted by Gasteiger charge is 2.29. The van der Waals surface area contributed by atoms with Crippen molar-refractivity contribution in [2.75, 3.05) is 0 Å². The fourth-order valence-electron chi connectivity index (χ4n) is 1.53. The van der Waals surface area contributed by atoms with Gasteiger partial charge in [-0.3, -0.25) is 4.79 Å². The molecule has 0 aliphatic rings. The van der Waals surface area contributed by atoms with Gasteiger partial charge in [-0.1, -0.05) is 33.1 Å². The summed E-state index contributed by atoms with van der Waals surface area (Å²) in [7, 11) is -3.76. The first-order valence-corrected chi connectivity index (χ1v) is 7.63. The predicted octanol–water partition coefficient (Wildman–Crippen LogP) is 1.74. The zero-order chi connectivity index (χ0) is 13.5. The molecule has 0 aliphatic carbocycles. The smallest absolute Gasteiger partial charge is 0.323 e. The highest BCUT2D eigenvalue weighted by atomic mass is 32.2. The van der Waals surface area contributed by atoms with Gasteiger partial charge < -0.3 is 5.11 Å². The molecule has 0 aromatic heterocycles. The molecule has 0 rings (SSSR count). The molecule has 0 spiro atoms. The number of aliphatic carboxylic acids is 1. The molecular formula is C11H23NO4S. The zero-order valence-electron chi connectivity index (χ0n) is 10.8. The third-order valence-corrected chi connectivity index (χ3v) is 4.48. The number of unbranched alkanes of at least 4 members (excludes halogenated alkanes) is 1. The van der Waals surface area contributed by atoms with Crippen LogP contribution in [0.5, 0.6) is 0 Å². The Balaban J connectivity index is 4.56. The molecular weight excluding hydrogens is 242 g/mol. The summed E-state index contributed by atoms with van der Waals surface area (Å²) >= 11 is 0. The molecule has 0 heterocycles. The van der Waals surface area contributed by atoms with Crippen molar-refractivity contribution in [1.82, 2.24) is 4.72 Å². The maximum Gasteiger partial charge on any atom is 0.323 e. The second kappa shape index (κ2) is 7.66. The van der Waals surface area contributed by atoms with Gasteiger partial charge in [0.05, 0.1) is 0 Å². The van der Waals surface area contributed by atoms with Crippen LogP contribution in [0.25, 0.3) is 0 Å². The van der Waals surface area contributed by atoms with Gasteiger partial charge in [0, 0.05) is 6.04 Å². The van der Waals surface area contributed by atoms with Crippen LogP contribution in [0, 0.1) is 0 Å². The van der Waals surface area contributed by atoms with Crippen LogP contribution in [0.3, 0.4) is 0 Å². The molecule has 0 radical (unpaired) electrons. The van der Waals surface area contributed by atoms with Crippen molar-refractivity contribution >= 4 is 16.0 Å². The summed E-state index contributed by atoms with van der Waals surface area (Å²) in [6, 6.07) is -0.147. The quantitative estimate of drug-likeness (QED) is 0.665. The van der Waals surface area contributed by atoms with E-state index in [-0.39, 0.29) is 6.04 Å². The lowest BCUT2D eigenvalue weighted by Gasteiger charge is -2.19. The first kappa shape index (κ1) is 16.4. The Labute approximate surface area is 104 Å². The van der Waals surface area contributed by atoms with Crippen LogP contribution in [0.4, 0.5) is 0 Å². The van der Waals surface area contributed by atoms with Crippen LogP contribution < -0.4 is 4.72 Å². The van der Waals surface area contributed by atoms with E-state index in [1.54, 1.807) is 0 Å². The molecule has 0 saturated carbocycles. The maximum atomic E-state index is 11.7. The van der Waals surface area contributed by atoms with Crippen LogP contribution in [0.15, 0.2) is 0 Å². The van der Waals surface area contributed by atoms with Gasteiger partial charge in [0.25, 0.3) is 0 Å². The monoisotopic (exact) mass is 265 g/mol. The third-order valence-electron chi connectivity index (χ3n) is 2.69. The number of sulfonamides is 1. The van der Waals surface area contributed by atoms with Gasteiger partial charge in [0.2, 0.25) is 10.0 Å². The summed E-state index contributed by atoms with van der Waals surface area (Å²) < 4.78 is 26.0. The van der Waals surface area contributed by atoms with Gasteiger partial charge >= 0.3 is 5.97 Å². The van der Waals surface area contributed by atoms with Crippen LogP contribution in [0.2, 0.25) is 0 Å². The number of hydrogen-bond donors (Lipinski definition) is 2. The lowest BCUT2D eigenvalue weighted by Crippen LogP contribution is -2.43. The molecule has 0 saturated heterocycles. The van der Waals surface area contributed by atoms with E-state index in [1.807, 2.05) is 13.8 Å². The Kier molecular flexibility index (Phi) is 7.38. The Hall–Kier alpha value is -0.620. The average molecular weight is 265 g/mol. The molecule has 0 aromatic rings. The molecule has 102 valence electrons. The van der Waals surface area contributed by atoms with Crippen LogP contribution in [-0.4, -0.2) is 30.8 Å². The molecule has 2 atom stereocenters. The summed E-state index contributed by atoms with van der Waals surface area (Å²) in [6.45, 7) is 5.21. The van der Waals surface area contributed by atoms with Crippen molar-refractivity contribution in [3.05, 3.63) is 0 Å².